The summed E-state index contributed by atoms with van der Waals surface area (Å²) < 4.78 is 13.1. The van der Waals surface area contributed by atoms with Gasteiger partial charge in [-0.25, -0.2) is 4.39 Å². The molecule has 1 aromatic rings. The van der Waals surface area contributed by atoms with Crippen LogP contribution in [0.4, 0.5) is 4.39 Å². The monoisotopic (exact) mass is 257 g/mol. The summed E-state index contributed by atoms with van der Waals surface area (Å²) in [5.74, 6) is -0.341. The van der Waals surface area contributed by atoms with E-state index in [1.165, 1.54) is 18.2 Å². The fourth-order valence-electron chi connectivity index (χ4n) is 1.46. The van der Waals surface area contributed by atoms with Crippen LogP contribution in [0.3, 0.4) is 0 Å². The van der Waals surface area contributed by atoms with E-state index in [0.717, 1.165) is 6.07 Å². The Kier molecular flexibility index (Phi) is 4.63. The first-order chi connectivity index (χ1) is 7.88. The van der Waals surface area contributed by atoms with Crippen LogP contribution in [-0.4, -0.2) is 4.92 Å². The van der Waals surface area contributed by atoms with Crippen LogP contribution in [0.25, 0.3) is 6.08 Å². The molecule has 0 heterocycles. The topological polar surface area (TPSA) is 43.1 Å². The molecule has 0 atom stereocenters. The summed E-state index contributed by atoms with van der Waals surface area (Å²) in [5.41, 5.74) is 0.462. The second-order valence-corrected chi connectivity index (χ2v) is 4.63. The summed E-state index contributed by atoms with van der Waals surface area (Å²) in [6.07, 6.45) is 1.69. The van der Waals surface area contributed by atoms with Crippen LogP contribution >= 0.6 is 11.6 Å². The van der Waals surface area contributed by atoms with Crippen molar-refractivity contribution < 1.29 is 9.31 Å². The summed E-state index contributed by atoms with van der Waals surface area (Å²) in [7, 11) is 0. The van der Waals surface area contributed by atoms with Gasteiger partial charge in [0.15, 0.2) is 0 Å². The molecule has 0 unspecified atom stereocenters. The molecule has 0 saturated heterocycles. The summed E-state index contributed by atoms with van der Waals surface area (Å²) in [5, 5.41) is 11.0. The minimum Gasteiger partial charge on any atom is -0.259 e. The van der Waals surface area contributed by atoms with Crippen LogP contribution < -0.4 is 0 Å². The molecule has 0 fully saturated rings. The molecule has 1 rings (SSSR count). The molecule has 0 aliphatic rings. The maximum atomic E-state index is 13.1. The highest BCUT2D eigenvalue weighted by atomic mass is 35.5. The van der Waals surface area contributed by atoms with Gasteiger partial charge in [-0.15, -0.1) is 0 Å². The molecule has 17 heavy (non-hydrogen) atoms. The highest BCUT2D eigenvalue weighted by molar-refractivity contribution is 6.30. The normalized spacial score (nSPS) is 11.9. The first-order valence-corrected chi connectivity index (χ1v) is 5.57. The summed E-state index contributed by atoms with van der Waals surface area (Å²) >= 11 is 5.68. The number of hydrogen-bond acceptors (Lipinski definition) is 2. The van der Waals surface area contributed by atoms with Crippen molar-refractivity contribution >= 4 is 17.7 Å². The first kappa shape index (κ1) is 13.6. The van der Waals surface area contributed by atoms with Crippen molar-refractivity contribution in [3.63, 3.8) is 0 Å². The molecule has 5 heteroatoms. The number of halogens is 2. The minimum atomic E-state index is -0.504. The molecule has 0 aromatic heterocycles. The van der Waals surface area contributed by atoms with E-state index in [2.05, 4.69) is 0 Å². The largest absolute Gasteiger partial charge is 0.259 e. The van der Waals surface area contributed by atoms with Crippen LogP contribution in [0.1, 0.15) is 25.8 Å². The lowest BCUT2D eigenvalue weighted by atomic mass is 10.1. The highest BCUT2D eigenvalue weighted by Gasteiger charge is 2.13. The van der Waals surface area contributed by atoms with Crippen LogP contribution in [0.5, 0.6) is 0 Å². The SMILES string of the molecule is CC(C)C/C(=C/c1cc(F)cc(Cl)c1)[N+](=O)[O-]. The quantitative estimate of drug-likeness (QED) is 0.601. The average molecular weight is 258 g/mol. The van der Waals surface area contributed by atoms with E-state index in [1.807, 2.05) is 13.8 Å². The Labute approximate surface area is 104 Å². The molecule has 3 nitrogen and oxygen atoms in total. The Hall–Kier alpha value is -1.42. The maximum Gasteiger partial charge on any atom is 0.247 e. The molecule has 0 aliphatic carbocycles. The van der Waals surface area contributed by atoms with Crippen LogP contribution in [-0.2, 0) is 0 Å². The molecular weight excluding hydrogens is 245 g/mol. The van der Waals surface area contributed by atoms with E-state index >= 15 is 0 Å². The van der Waals surface area contributed by atoms with Gasteiger partial charge in [0.2, 0.25) is 5.70 Å². The molecule has 0 radical (unpaired) electrons. The number of benzene rings is 1. The van der Waals surface area contributed by atoms with E-state index < -0.39 is 10.7 Å². The summed E-state index contributed by atoms with van der Waals surface area (Å²) in [4.78, 5) is 10.4. The molecule has 1 aromatic carbocycles. The second-order valence-electron chi connectivity index (χ2n) is 4.19. The predicted molar refractivity (Wildman–Crippen MR) is 65.8 cm³/mol. The van der Waals surface area contributed by atoms with Gasteiger partial charge >= 0.3 is 0 Å². The van der Waals surface area contributed by atoms with Crippen molar-refractivity contribution in [2.45, 2.75) is 20.3 Å². The molecule has 0 spiro atoms. The van der Waals surface area contributed by atoms with Gasteiger partial charge in [0.1, 0.15) is 5.82 Å². The van der Waals surface area contributed by atoms with Gasteiger partial charge < -0.3 is 0 Å². The molecule has 0 N–H and O–H groups in total. The number of nitrogens with zero attached hydrogens (tertiary/aromatic N) is 1. The van der Waals surface area contributed by atoms with E-state index in [9.17, 15) is 14.5 Å². The molecular formula is C12H13ClFNO2. The van der Waals surface area contributed by atoms with Gasteiger partial charge in [0, 0.05) is 17.5 Å². The van der Waals surface area contributed by atoms with Gasteiger partial charge in [-0.05, 0) is 29.7 Å². The van der Waals surface area contributed by atoms with Crippen molar-refractivity contribution in [2.75, 3.05) is 0 Å². The van der Waals surface area contributed by atoms with Crippen LogP contribution in [0, 0.1) is 21.8 Å². The van der Waals surface area contributed by atoms with Gasteiger partial charge in [-0.3, -0.25) is 10.1 Å². The third-order valence-corrected chi connectivity index (χ3v) is 2.29. The highest BCUT2D eigenvalue weighted by Crippen LogP contribution is 2.19. The molecule has 0 bridgehead atoms. The Balaban J connectivity index is 3.08. The fraction of sp³-hybridized carbons (Fsp3) is 0.333. The van der Waals surface area contributed by atoms with Crippen molar-refractivity contribution in [2.24, 2.45) is 5.92 Å². The Morgan fingerprint density at radius 1 is 1.53 bits per heavy atom. The minimum absolute atomic E-state index is 0.0571. The Morgan fingerprint density at radius 3 is 2.65 bits per heavy atom. The van der Waals surface area contributed by atoms with Crippen molar-refractivity contribution in [1.29, 1.82) is 0 Å². The molecule has 0 aliphatic heterocycles. The summed E-state index contributed by atoms with van der Waals surface area (Å²) in [6, 6.07) is 3.87. The van der Waals surface area contributed by atoms with E-state index in [-0.39, 0.29) is 16.6 Å². The number of allylic oxidation sites excluding steroid dienone is 1. The first-order valence-electron chi connectivity index (χ1n) is 5.19. The smallest absolute Gasteiger partial charge is 0.247 e. The van der Waals surface area contributed by atoms with Crippen molar-refractivity contribution in [1.82, 2.24) is 0 Å². The average Bonchev–Trinajstić information content (AvgIpc) is 2.13. The maximum absolute atomic E-state index is 13.1. The fourth-order valence-corrected chi connectivity index (χ4v) is 1.69. The molecule has 0 saturated carbocycles. The Bertz CT molecular complexity index is 438. The standard InChI is InChI=1S/C12H13ClFNO2/c1-8(2)3-12(15(16)17)6-9-4-10(13)7-11(14)5-9/h4-8H,3H2,1-2H3/b12-6-. The third-order valence-electron chi connectivity index (χ3n) is 2.07. The lowest BCUT2D eigenvalue weighted by Gasteiger charge is -2.02. The second kappa shape index (κ2) is 5.77. The van der Waals surface area contributed by atoms with E-state index in [4.69, 9.17) is 11.6 Å². The van der Waals surface area contributed by atoms with Crippen molar-refractivity contribution in [3.05, 3.63) is 50.4 Å². The van der Waals surface area contributed by atoms with E-state index in [0.29, 0.717) is 12.0 Å². The molecule has 0 amide bonds. The predicted octanol–water partition coefficient (Wildman–Crippen LogP) is 4.14. The van der Waals surface area contributed by atoms with Crippen LogP contribution in [0.2, 0.25) is 5.02 Å². The van der Waals surface area contributed by atoms with Crippen molar-refractivity contribution in [3.8, 4) is 0 Å². The van der Waals surface area contributed by atoms with Gasteiger partial charge in [-0.1, -0.05) is 25.4 Å². The zero-order chi connectivity index (χ0) is 13.0. The molecule has 92 valence electrons. The van der Waals surface area contributed by atoms with Crippen LogP contribution in [0.15, 0.2) is 23.9 Å². The lowest BCUT2D eigenvalue weighted by Crippen LogP contribution is -2.02. The van der Waals surface area contributed by atoms with Gasteiger partial charge in [-0.2, -0.15) is 0 Å². The lowest BCUT2D eigenvalue weighted by molar-refractivity contribution is -0.427. The number of rotatable bonds is 4. The van der Waals surface area contributed by atoms with Gasteiger partial charge in [0.25, 0.3) is 0 Å². The Morgan fingerprint density at radius 2 is 2.18 bits per heavy atom. The zero-order valence-electron chi connectivity index (χ0n) is 9.61. The number of hydrogen-bond donors (Lipinski definition) is 0. The summed E-state index contributed by atoms with van der Waals surface area (Å²) in [6.45, 7) is 3.77. The zero-order valence-corrected chi connectivity index (χ0v) is 10.4. The third kappa shape index (κ3) is 4.53. The van der Waals surface area contributed by atoms with Gasteiger partial charge in [0.05, 0.1) is 4.92 Å². The number of nitro groups is 1. The van der Waals surface area contributed by atoms with E-state index in [1.54, 1.807) is 0 Å².